The highest BCUT2D eigenvalue weighted by Gasteiger charge is 2.05. The van der Waals surface area contributed by atoms with Gasteiger partial charge in [0.1, 0.15) is 30.6 Å². The van der Waals surface area contributed by atoms with Gasteiger partial charge in [0.05, 0.1) is 72.7 Å². The van der Waals surface area contributed by atoms with Crippen molar-refractivity contribution in [1.29, 1.82) is 0 Å². The Labute approximate surface area is 391 Å². The minimum Gasteiger partial charge on any atom is -0.379 e. The molecule has 2 amide bonds. The number of unbranched alkanes of at least 4 members (excludes halogenated alkanes) is 4. The average Bonchev–Trinajstić information content (AvgIpc) is 3.27. The molecule has 0 aromatic carbocycles. The van der Waals surface area contributed by atoms with Crippen LogP contribution in [0.4, 0.5) is 0 Å². The van der Waals surface area contributed by atoms with E-state index < -0.39 is 0 Å². The van der Waals surface area contributed by atoms with Crippen LogP contribution in [0, 0.1) is 0 Å². The Morgan fingerprint density at radius 2 is 0.754 bits per heavy atom. The Bertz CT molecular complexity index is 1100. The Hall–Kier alpha value is -2.78. The van der Waals surface area contributed by atoms with E-state index in [1.807, 2.05) is 7.05 Å². The molecule has 0 spiro atoms. The van der Waals surface area contributed by atoms with Gasteiger partial charge in [-0.25, -0.2) is 0 Å². The SMILES string of the molecule is CCCCCOCCOCCOCCCCC(=O)CCC(C)=O.CCCCOCCOCCNC(=O)CCC(C)=O.CNCCCOCCOCCOCCCNC(=O)COCC(C)=O. The number of ketones is 4. The molecule has 0 fully saturated rings. The second-order valence-corrected chi connectivity index (χ2v) is 15.1. The third-order valence-corrected chi connectivity index (χ3v) is 8.46. The number of Topliss-reactive ketones (excluding diaryl/α,β-unsaturated/α-hetero) is 4. The second-order valence-electron chi connectivity index (χ2n) is 15.1. The predicted octanol–water partition coefficient (Wildman–Crippen LogP) is 4.40. The lowest BCUT2D eigenvalue weighted by atomic mass is 10.1. The van der Waals surface area contributed by atoms with Crippen molar-refractivity contribution >= 4 is 34.9 Å². The van der Waals surface area contributed by atoms with E-state index in [1.54, 1.807) is 0 Å². The second kappa shape index (κ2) is 57.3. The molecule has 0 rings (SSSR count). The lowest BCUT2D eigenvalue weighted by Gasteiger charge is -2.08. The molecule has 0 aromatic rings. The first kappa shape index (κ1) is 66.5. The lowest BCUT2D eigenvalue weighted by Crippen LogP contribution is -2.29. The fourth-order valence-corrected chi connectivity index (χ4v) is 4.81. The maximum Gasteiger partial charge on any atom is 0.246 e. The van der Waals surface area contributed by atoms with Crippen molar-refractivity contribution in [3.8, 4) is 0 Å². The molecule has 3 N–H and O–H groups in total. The molecular formula is C47H91N3O15. The number of carbonyl (C=O) groups is 6. The molecule has 384 valence electrons. The molecule has 0 unspecified atom stereocenters. The van der Waals surface area contributed by atoms with Crippen LogP contribution in [0.25, 0.3) is 0 Å². The quantitative estimate of drug-likeness (QED) is 0.0720. The number of ether oxygens (including phenoxy) is 9. The Morgan fingerprint density at radius 3 is 1.23 bits per heavy atom. The summed E-state index contributed by atoms with van der Waals surface area (Å²) in [6.45, 7) is 20.3. The number of hydrogen-bond acceptors (Lipinski definition) is 16. The minimum absolute atomic E-state index is 0.0302. The van der Waals surface area contributed by atoms with Crippen molar-refractivity contribution in [3.63, 3.8) is 0 Å². The molecule has 18 nitrogen and oxygen atoms in total. The van der Waals surface area contributed by atoms with E-state index in [9.17, 15) is 28.8 Å². The predicted molar refractivity (Wildman–Crippen MR) is 250 cm³/mol. The third kappa shape index (κ3) is 67.9. The molecule has 65 heavy (non-hydrogen) atoms. The van der Waals surface area contributed by atoms with Gasteiger partial charge in [0, 0.05) is 78.2 Å². The fraction of sp³-hybridized carbons (Fsp3) is 0.872. The van der Waals surface area contributed by atoms with Crippen molar-refractivity contribution < 1.29 is 71.4 Å². The van der Waals surface area contributed by atoms with Crippen molar-refractivity contribution in [2.24, 2.45) is 0 Å². The van der Waals surface area contributed by atoms with Crippen LogP contribution in [0.15, 0.2) is 0 Å². The summed E-state index contributed by atoms with van der Waals surface area (Å²) in [6.07, 6.45) is 11.0. The zero-order chi connectivity index (χ0) is 48.7. The van der Waals surface area contributed by atoms with E-state index in [0.717, 1.165) is 64.9 Å². The van der Waals surface area contributed by atoms with Gasteiger partial charge in [0.15, 0.2) is 5.78 Å². The molecule has 0 radical (unpaired) electrons. The molecule has 0 saturated carbocycles. The van der Waals surface area contributed by atoms with E-state index in [0.29, 0.717) is 131 Å². The van der Waals surface area contributed by atoms with Gasteiger partial charge in [-0.3, -0.25) is 19.2 Å². The summed E-state index contributed by atoms with van der Waals surface area (Å²) in [5.74, 6) is -0.151. The largest absolute Gasteiger partial charge is 0.379 e. The minimum atomic E-state index is -0.227. The van der Waals surface area contributed by atoms with Gasteiger partial charge in [-0.2, -0.15) is 0 Å². The van der Waals surface area contributed by atoms with Crippen LogP contribution in [0.2, 0.25) is 0 Å². The van der Waals surface area contributed by atoms with Crippen LogP contribution < -0.4 is 16.0 Å². The van der Waals surface area contributed by atoms with Gasteiger partial charge in [0.25, 0.3) is 0 Å². The molecule has 18 heteroatoms. The highest BCUT2D eigenvalue weighted by Crippen LogP contribution is 2.03. The van der Waals surface area contributed by atoms with Crippen LogP contribution in [0.3, 0.4) is 0 Å². The summed E-state index contributed by atoms with van der Waals surface area (Å²) >= 11 is 0. The van der Waals surface area contributed by atoms with Crippen LogP contribution in [-0.4, -0.2) is 181 Å². The maximum atomic E-state index is 11.4. The summed E-state index contributed by atoms with van der Waals surface area (Å²) in [7, 11) is 1.92. The number of hydrogen-bond donors (Lipinski definition) is 3. The molecule has 0 bridgehead atoms. The molecule has 0 atom stereocenters. The van der Waals surface area contributed by atoms with E-state index in [2.05, 4.69) is 29.8 Å². The molecule has 0 aliphatic heterocycles. The Balaban J connectivity index is -0.000000897. The molecular weight excluding hydrogens is 847 g/mol. The lowest BCUT2D eigenvalue weighted by molar-refractivity contribution is -0.129. The molecule has 0 heterocycles. The van der Waals surface area contributed by atoms with Gasteiger partial charge < -0.3 is 68.2 Å². The zero-order valence-corrected chi connectivity index (χ0v) is 41.4. The number of carbonyl (C=O) groups excluding carboxylic acids is 6. The summed E-state index contributed by atoms with van der Waals surface area (Å²) in [5, 5.41) is 8.44. The molecule has 0 aliphatic rings. The van der Waals surface area contributed by atoms with Crippen LogP contribution >= 0.6 is 0 Å². The van der Waals surface area contributed by atoms with Gasteiger partial charge in [-0.05, 0) is 72.9 Å². The first-order valence-electron chi connectivity index (χ1n) is 23.9. The van der Waals surface area contributed by atoms with Gasteiger partial charge >= 0.3 is 0 Å². The summed E-state index contributed by atoms with van der Waals surface area (Å²) in [4.78, 5) is 66.0. The van der Waals surface area contributed by atoms with Crippen LogP contribution in [-0.2, 0) is 71.4 Å². The maximum absolute atomic E-state index is 11.4. The summed E-state index contributed by atoms with van der Waals surface area (Å²) in [5.41, 5.74) is 0. The van der Waals surface area contributed by atoms with E-state index >= 15 is 0 Å². The monoisotopic (exact) mass is 938 g/mol. The van der Waals surface area contributed by atoms with Crippen LogP contribution in [0.5, 0.6) is 0 Å². The number of nitrogens with one attached hydrogen (secondary N) is 3. The first-order chi connectivity index (χ1) is 31.5. The Morgan fingerprint density at radius 1 is 0.338 bits per heavy atom. The van der Waals surface area contributed by atoms with Crippen molar-refractivity contribution in [2.45, 2.75) is 125 Å². The first-order valence-corrected chi connectivity index (χ1v) is 23.9. The van der Waals surface area contributed by atoms with E-state index in [1.165, 1.54) is 33.6 Å². The standard InChI is InChI=1S/C18H34O5.C16H32N2O6.C13H25NO4/c1-3-4-6-11-21-13-15-23-16-14-22-12-7-5-8-18(20)10-9-17(2)19;1-15(19)13-24-14-16(20)18-6-4-8-22-10-12-23-11-9-21-7-3-5-17-2;1-3-4-8-17-10-11-18-9-7-14-13(16)6-5-12(2)15/h3-16H2,1-2H3;17H,3-14H2,1-2H3,(H,18,20);3-11H2,1-2H3,(H,14,16). The average molecular weight is 938 g/mol. The van der Waals surface area contributed by atoms with Crippen molar-refractivity contribution in [2.75, 3.05) is 146 Å². The molecule has 0 aliphatic carbocycles. The highest BCUT2D eigenvalue weighted by molar-refractivity contribution is 5.85. The van der Waals surface area contributed by atoms with Gasteiger partial charge in [-0.1, -0.05) is 33.1 Å². The fourth-order valence-electron chi connectivity index (χ4n) is 4.81. The Kier molecular flexibility index (Phi) is 58.7. The smallest absolute Gasteiger partial charge is 0.246 e. The van der Waals surface area contributed by atoms with E-state index in [-0.39, 0.29) is 54.6 Å². The molecule has 0 aromatic heterocycles. The number of rotatable bonds is 48. The topological polar surface area (TPSA) is 222 Å². The zero-order valence-electron chi connectivity index (χ0n) is 41.4. The van der Waals surface area contributed by atoms with Crippen LogP contribution in [0.1, 0.15) is 125 Å². The molecule has 0 saturated heterocycles. The van der Waals surface area contributed by atoms with Crippen molar-refractivity contribution in [3.05, 3.63) is 0 Å². The van der Waals surface area contributed by atoms with Gasteiger partial charge in [0.2, 0.25) is 11.8 Å². The van der Waals surface area contributed by atoms with E-state index in [4.69, 9.17) is 42.6 Å². The van der Waals surface area contributed by atoms with Gasteiger partial charge in [-0.15, -0.1) is 0 Å². The summed E-state index contributed by atoms with van der Waals surface area (Å²) < 4.78 is 47.9. The third-order valence-electron chi connectivity index (χ3n) is 8.46. The normalized spacial score (nSPS) is 10.7. The van der Waals surface area contributed by atoms with Crippen molar-refractivity contribution in [1.82, 2.24) is 16.0 Å². The highest BCUT2D eigenvalue weighted by atomic mass is 16.6. The number of amides is 2. The summed E-state index contributed by atoms with van der Waals surface area (Å²) in [6, 6.07) is 0.